The Morgan fingerprint density at radius 1 is 0.611 bits per heavy atom. The number of methoxy groups -OCH3 is 2. The summed E-state index contributed by atoms with van der Waals surface area (Å²) >= 11 is 0. The van der Waals surface area contributed by atoms with Crippen molar-refractivity contribution in [1.29, 1.82) is 0 Å². The predicted octanol–water partition coefficient (Wildman–Crippen LogP) is 5.74. The van der Waals surface area contributed by atoms with Gasteiger partial charge < -0.3 is 9.47 Å². The van der Waals surface area contributed by atoms with Crippen LogP contribution in [0.2, 0.25) is 0 Å². The minimum absolute atomic E-state index is 0.292. The maximum atomic E-state index is 13.7. The van der Waals surface area contributed by atoms with Crippen LogP contribution in [0.1, 0.15) is 52.7 Å². The summed E-state index contributed by atoms with van der Waals surface area (Å²) in [6.07, 6.45) is 0.583. The van der Waals surface area contributed by atoms with Crippen molar-refractivity contribution < 1.29 is 19.1 Å². The standard InChI is InChI=1S/C28H36N4O4/c1-27(2,3)31-23(17-19-9-13-21(35-7)14-10-19)29-26(34)32(28(4,5)6)24(30-25(31)33)18-20-11-15-22(36-8)16-12-20/h9-16H,17-18H2,1-8H3/b29-23-,30-24-. The van der Waals surface area contributed by atoms with Crippen molar-refractivity contribution in [3.8, 4) is 11.5 Å². The molecule has 1 aliphatic heterocycles. The molecule has 0 spiro atoms. The van der Waals surface area contributed by atoms with Gasteiger partial charge >= 0.3 is 12.1 Å². The minimum atomic E-state index is -0.651. The number of carbonyl (C=O) groups excluding carboxylic acids is 2. The number of urea groups is 2. The molecule has 0 bridgehead atoms. The largest absolute Gasteiger partial charge is 0.497 e. The van der Waals surface area contributed by atoms with Gasteiger partial charge in [-0.3, -0.25) is 9.80 Å². The van der Waals surface area contributed by atoms with Crippen LogP contribution >= 0.6 is 0 Å². The first-order chi connectivity index (χ1) is 16.8. The van der Waals surface area contributed by atoms with Crippen LogP contribution in [0.15, 0.2) is 58.5 Å². The van der Waals surface area contributed by atoms with Gasteiger partial charge in [0.2, 0.25) is 0 Å². The van der Waals surface area contributed by atoms with E-state index in [0.717, 1.165) is 22.6 Å². The molecule has 2 aromatic rings. The average molecular weight is 493 g/mol. The second-order valence-corrected chi connectivity index (χ2v) is 10.7. The summed E-state index contributed by atoms with van der Waals surface area (Å²) < 4.78 is 10.5. The van der Waals surface area contributed by atoms with Crippen molar-refractivity contribution in [2.75, 3.05) is 14.2 Å². The first kappa shape index (κ1) is 26.9. The molecule has 0 N–H and O–H groups in total. The summed E-state index contributed by atoms with van der Waals surface area (Å²) in [5.41, 5.74) is 0.493. The maximum Gasteiger partial charge on any atom is 0.351 e. The van der Waals surface area contributed by atoms with E-state index in [4.69, 9.17) is 9.47 Å². The van der Waals surface area contributed by atoms with E-state index in [0.29, 0.717) is 24.5 Å². The number of carbonyl (C=O) groups is 2. The van der Waals surface area contributed by atoms with E-state index in [1.54, 1.807) is 14.2 Å². The molecule has 1 heterocycles. The number of rotatable bonds is 6. The van der Waals surface area contributed by atoms with Crippen LogP contribution in [0.5, 0.6) is 11.5 Å². The van der Waals surface area contributed by atoms with Crippen LogP contribution < -0.4 is 9.47 Å². The van der Waals surface area contributed by atoms with Crippen molar-refractivity contribution in [1.82, 2.24) is 9.80 Å². The lowest BCUT2D eigenvalue weighted by atomic mass is 10.0. The fourth-order valence-corrected chi connectivity index (χ4v) is 4.08. The van der Waals surface area contributed by atoms with Crippen LogP contribution in [0.4, 0.5) is 9.59 Å². The molecule has 0 saturated heterocycles. The number of hydrogen-bond donors (Lipinski definition) is 0. The number of amides is 4. The molecule has 0 fully saturated rings. The molecule has 4 amide bonds. The number of hydrogen-bond acceptors (Lipinski definition) is 4. The van der Waals surface area contributed by atoms with Crippen molar-refractivity contribution >= 4 is 23.7 Å². The SMILES string of the molecule is COc1ccc(C/C2=N/C(=O)N(C(C)(C)C)/C(Cc3ccc(OC)cc3)=N\C(=O)N2C(C)(C)C)cc1. The third-order valence-electron chi connectivity index (χ3n) is 5.73. The zero-order valence-electron chi connectivity index (χ0n) is 22.5. The Balaban J connectivity index is 2.08. The van der Waals surface area contributed by atoms with Crippen molar-refractivity contribution in [2.45, 2.75) is 65.5 Å². The van der Waals surface area contributed by atoms with Gasteiger partial charge in [0.1, 0.15) is 23.2 Å². The maximum absolute atomic E-state index is 13.7. The molecule has 3 rings (SSSR count). The third kappa shape index (κ3) is 6.30. The zero-order valence-corrected chi connectivity index (χ0v) is 22.5. The summed E-state index contributed by atoms with van der Waals surface area (Å²) in [4.78, 5) is 39.4. The highest BCUT2D eigenvalue weighted by atomic mass is 16.5. The van der Waals surface area contributed by atoms with Crippen LogP contribution in [0.25, 0.3) is 0 Å². The van der Waals surface area contributed by atoms with Crippen LogP contribution in [-0.4, -0.2) is 58.8 Å². The van der Waals surface area contributed by atoms with Gasteiger partial charge in [0.25, 0.3) is 0 Å². The molecular formula is C28H36N4O4. The highest BCUT2D eigenvalue weighted by Crippen LogP contribution is 2.25. The molecule has 8 heteroatoms. The number of aliphatic imine (C=N–C) groups is 2. The van der Waals surface area contributed by atoms with Crippen molar-refractivity contribution in [3.05, 3.63) is 59.7 Å². The molecule has 0 radical (unpaired) electrons. The summed E-state index contributed by atoms with van der Waals surface area (Å²) in [7, 11) is 3.21. The smallest absolute Gasteiger partial charge is 0.351 e. The van der Waals surface area contributed by atoms with E-state index in [9.17, 15) is 9.59 Å². The summed E-state index contributed by atoms with van der Waals surface area (Å²) in [6.45, 7) is 11.4. The third-order valence-corrected chi connectivity index (χ3v) is 5.73. The monoisotopic (exact) mass is 492 g/mol. The molecule has 1 aliphatic rings. The van der Waals surface area contributed by atoms with Gasteiger partial charge in [-0.05, 0) is 76.9 Å². The lowest BCUT2D eigenvalue weighted by Gasteiger charge is -2.40. The van der Waals surface area contributed by atoms with Crippen molar-refractivity contribution in [3.63, 3.8) is 0 Å². The van der Waals surface area contributed by atoms with E-state index in [-0.39, 0.29) is 0 Å². The number of benzene rings is 2. The van der Waals surface area contributed by atoms with Crippen LogP contribution in [-0.2, 0) is 12.8 Å². The molecule has 192 valence electrons. The van der Waals surface area contributed by atoms with Crippen LogP contribution in [0.3, 0.4) is 0 Å². The Morgan fingerprint density at radius 3 is 1.17 bits per heavy atom. The molecule has 2 aromatic carbocycles. The highest BCUT2D eigenvalue weighted by molar-refractivity contribution is 6.13. The summed E-state index contributed by atoms with van der Waals surface area (Å²) in [5.74, 6) is 2.16. The molecule has 8 nitrogen and oxygen atoms in total. The molecule has 0 aromatic heterocycles. The van der Waals surface area contributed by atoms with Gasteiger partial charge in [0, 0.05) is 23.9 Å². The van der Waals surface area contributed by atoms with E-state index in [2.05, 4.69) is 9.98 Å². The van der Waals surface area contributed by atoms with E-state index in [1.165, 1.54) is 9.80 Å². The zero-order chi connectivity index (χ0) is 26.7. The Kier molecular flexibility index (Phi) is 7.86. The van der Waals surface area contributed by atoms with Gasteiger partial charge in [-0.2, -0.15) is 9.98 Å². The second-order valence-electron chi connectivity index (χ2n) is 10.7. The Bertz CT molecular complexity index is 1060. The van der Waals surface area contributed by atoms with E-state index >= 15 is 0 Å². The Morgan fingerprint density at radius 2 is 0.917 bits per heavy atom. The molecule has 0 saturated carbocycles. The fourth-order valence-electron chi connectivity index (χ4n) is 4.08. The number of ether oxygens (including phenoxy) is 2. The van der Waals surface area contributed by atoms with Gasteiger partial charge in [-0.15, -0.1) is 0 Å². The summed E-state index contributed by atoms with van der Waals surface area (Å²) in [5, 5.41) is 0. The minimum Gasteiger partial charge on any atom is -0.497 e. The van der Waals surface area contributed by atoms with Gasteiger partial charge in [-0.1, -0.05) is 24.3 Å². The van der Waals surface area contributed by atoms with E-state index < -0.39 is 23.1 Å². The number of nitrogens with zero attached hydrogens (tertiary/aromatic N) is 4. The molecule has 36 heavy (non-hydrogen) atoms. The van der Waals surface area contributed by atoms with E-state index in [1.807, 2.05) is 90.1 Å². The molecular weight excluding hydrogens is 456 g/mol. The fraction of sp³-hybridized carbons (Fsp3) is 0.429. The van der Waals surface area contributed by atoms with Crippen molar-refractivity contribution in [2.24, 2.45) is 9.98 Å². The second kappa shape index (κ2) is 10.5. The Hall–Kier alpha value is -3.68. The topological polar surface area (TPSA) is 83.8 Å². The quantitative estimate of drug-likeness (QED) is 0.515. The van der Waals surface area contributed by atoms with Gasteiger partial charge in [0.05, 0.1) is 14.2 Å². The normalized spacial score (nSPS) is 18.1. The lowest BCUT2D eigenvalue weighted by Crippen LogP contribution is -2.55. The number of amidine groups is 2. The van der Waals surface area contributed by atoms with Gasteiger partial charge in [-0.25, -0.2) is 9.59 Å². The predicted molar refractivity (Wildman–Crippen MR) is 142 cm³/mol. The first-order valence-corrected chi connectivity index (χ1v) is 11.9. The molecule has 0 atom stereocenters. The average Bonchev–Trinajstić information content (AvgIpc) is 2.77. The summed E-state index contributed by atoms with van der Waals surface area (Å²) in [6, 6.07) is 14.1. The van der Waals surface area contributed by atoms with Crippen LogP contribution in [0, 0.1) is 0 Å². The molecule has 0 unspecified atom stereocenters. The highest BCUT2D eigenvalue weighted by Gasteiger charge is 2.38. The first-order valence-electron chi connectivity index (χ1n) is 11.9. The Labute approximate surface area is 213 Å². The lowest BCUT2D eigenvalue weighted by molar-refractivity contribution is 0.188. The van der Waals surface area contributed by atoms with Gasteiger partial charge in [0.15, 0.2) is 0 Å². The molecule has 0 aliphatic carbocycles.